The van der Waals surface area contributed by atoms with Crippen LogP contribution in [0.2, 0.25) is 0 Å². The molecule has 0 atom stereocenters. The highest BCUT2D eigenvalue weighted by molar-refractivity contribution is 6.06. The molecule has 0 bridgehead atoms. The first-order valence-corrected chi connectivity index (χ1v) is 4.83. The van der Waals surface area contributed by atoms with Crippen LogP contribution in [0.15, 0.2) is 22.6 Å². The standard InChI is InChI=1S/C12H12O4/c1-7-10(12(13)15-3)11-8(14-2)5-4-6-9(11)16-7/h4-6H,1-3H3. The Morgan fingerprint density at radius 3 is 2.69 bits per heavy atom. The molecule has 1 aromatic heterocycles. The third kappa shape index (κ3) is 1.43. The minimum Gasteiger partial charge on any atom is -0.496 e. The molecule has 0 radical (unpaired) electrons. The second-order valence-electron chi connectivity index (χ2n) is 3.36. The summed E-state index contributed by atoms with van der Waals surface area (Å²) in [5.74, 6) is 0.724. The van der Waals surface area contributed by atoms with Gasteiger partial charge in [-0.15, -0.1) is 0 Å². The maximum Gasteiger partial charge on any atom is 0.342 e. The van der Waals surface area contributed by atoms with Crippen molar-refractivity contribution < 1.29 is 18.7 Å². The Bertz CT molecular complexity index is 539. The van der Waals surface area contributed by atoms with Crippen molar-refractivity contribution in [3.63, 3.8) is 0 Å². The van der Waals surface area contributed by atoms with Gasteiger partial charge in [0.2, 0.25) is 0 Å². The normalized spacial score (nSPS) is 10.4. The van der Waals surface area contributed by atoms with E-state index in [0.717, 1.165) is 0 Å². The van der Waals surface area contributed by atoms with Crippen LogP contribution in [-0.2, 0) is 4.74 Å². The fourth-order valence-corrected chi connectivity index (χ4v) is 1.75. The molecule has 2 rings (SSSR count). The van der Waals surface area contributed by atoms with Gasteiger partial charge in [0.15, 0.2) is 0 Å². The Hall–Kier alpha value is -1.97. The SMILES string of the molecule is COC(=O)c1c(C)oc2cccc(OC)c12. The van der Waals surface area contributed by atoms with Crippen LogP contribution in [0.3, 0.4) is 0 Å². The molecule has 0 amide bonds. The third-order valence-corrected chi connectivity index (χ3v) is 2.46. The van der Waals surface area contributed by atoms with E-state index >= 15 is 0 Å². The van der Waals surface area contributed by atoms with Crippen molar-refractivity contribution in [1.82, 2.24) is 0 Å². The van der Waals surface area contributed by atoms with Crippen LogP contribution >= 0.6 is 0 Å². The number of furan rings is 1. The zero-order valence-electron chi connectivity index (χ0n) is 9.37. The van der Waals surface area contributed by atoms with Crippen molar-refractivity contribution in [2.45, 2.75) is 6.92 Å². The summed E-state index contributed by atoms with van der Waals surface area (Å²) in [7, 11) is 2.90. The minimum absolute atomic E-state index is 0.416. The van der Waals surface area contributed by atoms with Gasteiger partial charge >= 0.3 is 5.97 Å². The van der Waals surface area contributed by atoms with Gasteiger partial charge in [-0.3, -0.25) is 0 Å². The minimum atomic E-state index is -0.416. The van der Waals surface area contributed by atoms with Gasteiger partial charge in [-0.2, -0.15) is 0 Å². The van der Waals surface area contributed by atoms with Crippen LogP contribution in [0.25, 0.3) is 11.0 Å². The number of benzene rings is 1. The average Bonchev–Trinajstić information content (AvgIpc) is 2.63. The van der Waals surface area contributed by atoms with Gasteiger partial charge in [0.1, 0.15) is 22.7 Å². The van der Waals surface area contributed by atoms with Crippen molar-refractivity contribution in [1.29, 1.82) is 0 Å². The molecule has 4 nitrogen and oxygen atoms in total. The van der Waals surface area contributed by atoms with E-state index in [1.807, 2.05) is 6.07 Å². The molecule has 1 heterocycles. The molecule has 0 saturated heterocycles. The number of hydrogen-bond donors (Lipinski definition) is 0. The fourth-order valence-electron chi connectivity index (χ4n) is 1.75. The summed E-state index contributed by atoms with van der Waals surface area (Å²) in [5, 5.41) is 0.661. The van der Waals surface area contributed by atoms with Crippen molar-refractivity contribution >= 4 is 16.9 Å². The van der Waals surface area contributed by atoms with Crippen LogP contribution < -0.4 is 4.74 Å². The quantitative estimate of drug-likeness (QED) is 0.730. The van der Waals surface area contributed by atoms with Gasteiger partial charge < -0.3 is 13.9 Å². The van der Waals surface area contributed by atoms with E-state index in [1.54, 1.807) is 26.2 Å². The van der Waals surface area contributed by atoms with Crippen molar-refractivity contribution in [3.8, 4) is 5.75 Å². The molecule has 2 aromatic rings. The Morgan fingerprint density at radius 1 is 1.31 bits per heavy atom. The zero-order chi connectivity index (χ0) is 11.7. The monoisotopic (exact) mass is 220 g/mol. The van der Waals surface area contributed by atoms with Gasteiger partial charge in [-0.1, -0.05) is 6.07 Å². The number of carbonyl (C=O) groups excluding carboxylic acids is 1. The van der Waals surface area contributed by atoms with Crippen LogP contribution in [0, 0.1) is 6.92 Å². The summed E-state index contributed by atoms with van der Waals surface area (Å²) in [6.45, 7) is 1.73. The molecule has 0 aliphatic carbocycles. The highest BCUT2D eigenvalue weighted by Crippen LogP contribution is 2.33. The molecule has 0 fully saturated rings. The summed E-state index contributed by atoms with van der Waals surface area (Å²) >= 11 is 0. The van der Waals surface area contributed by atoms with Crippen LogP contribution in [0.4, 0.5) is 0 Å². The first kappa shape index (κ1) is 10.5. The number of rotatable bonds is 2. The predicted octanol–water partition coefficient (Wildman–Crippen LogP) is 2.54. The smallest absolute Gasteiger partial charge is 0.342 e. The Morgan fingerprint density at radius 2 is 2.06 bits per heavy atom. The molecular formula is C12H12O4. The first-order valence-electron chi connectivity index (χ1n) is 4.83. The van der Waals surface area contributed by atoms with E-state index in [-0.39, 0.29) is 0 Å². The highest BCUT2D eigenvalue weighted by atomic mass is 16.5. The topological polar surface area (TPSA) is 48.7 Å². The molecule has 0 aliphatic heterocycles. The number of aryl methyl sites for hydroxylation is 1. The highest BCUT2D eigenvalue weighted by Gasteiger charge is 2.21. The lowest BCUT2D eigenvalue weighted by atomic mass is 10.1. The second-order valence-corrected chi connectivity index (χ2v) is 3.36. The largest absolute Gasteiger partial charge is 0.496 e. The Labute approximate surface area is 92.8 Å². The zero-order valence-corrected chi connectivity index (χ0v) is 9.37. The number of esters is 1. The second kappa shape index (κ2) is 3.89. The van der Waals surface area contributed by atoms with E-state index in [1.165, 1.54) is 7.11 Å². The lowest BCUT2D eigenvalue weighted by Gasteiger charge is -2.02. The molecule has 4 heteroatoms. The Balaban J connectivity index is 2.80. The molecule has 16 heavy (non-hydrogen) atoms. The molecular weight excluding hydrogens is 208 g/mol. The number of ether oxygens (including phenoxy) is 2. The van der Waals surface area contributed by atoms with E-state index in [9.17, 15) is 4.79 Å². The van der Waals surface area contributed by atoms with Crippen molar-refractivity contribution in [3.05, 3.63) is 29.5 Å². The van der Waals surface area contributed by atoms with E-state index in [2.05, 4.69) is 0 Å². The van der Waals surface area contributed by atoms with Crippen molar-refractivity contribution in [2.75, 3.05) is 14.2 Å². The predicted molar refractivity (Wildman–Crippen MR) is 58.8 cm³/mol. The maximum atomic E-state index is 11.6. The fraction of sp³-hybridized carbons (Fsp3) is 0.250. The van der Waals surface area contributed by atoms with E-state index < -0.39 is 5.97 Å². The summed E-state index contributed by atoms with van der Waals surface area (Å²) in [6, 6.07) is 5.38. The Kier molecular flexibility index (Phi) is 2.56. The van der Waals surface area contributed by atoms with Gasteiger partial charge in [0.25, 0.3) is 0 Å². The summed E-state index contributed by atoms with van der Waals surface area (Å²) in [4.78, 5) is 11.6. The molecule has 0 N–H and O–H groups in total. The molecule has 0 unspecified atom stereocenters. The molecule has 1 aromatic carbocycles. The van der Waals surface area contributed by atoms with Gasteiger partial charge in [0, 0.05) is 0 Å². The number of fused-ring (bicyclic) bond motifs is 1. The van der Waals surface area contributed by atoms with Gasteiger partial charge in [0.05, 0.1) is 19.6 Å². The summed E-state index contributed by atoms with van der Waals surface area (Å²) in [5.41, 5.74) is 1.05. The molecule has 0 spiro atoms. The number of methoxy groups -OCH3 is 2. The van der Waals surface area contributed by atoms with Crippen LogP contribution in [0.5, 0.6) is 5.75 Å². The lowest BCUT2D eigenvalue weighted by Crippen LogP contribution is -2.02. The van der Waals surface area contributed by atoms with Crippen LogP contribution in [0.1, 0.15) is 16.1 Å². The summed E-state index contributed by atoms with van der Waals surface area (Å²) < 4.78 is 15.4. The maximum absolute atomic E-state index is 11.6. The van der Waals surface area contributed by atoms with Crippen LogP contribution in [-0.4, -0.2) is 20.2 Å². The third-order valence-electron chi connectivity index (χ3n) is 2.46. The van der Waals surface area contributed by atoms with Gasteiger partial charge in [-0.05, 0) is 19.1 Å². The molecule has 0 aliphatic rings. The first-order chi connectivity index (χ1) is 7.69. The van der Waals surface area contributed by atoms with Crippen molar-refractivity contribution in [2.24, 2.45) is 0 Å². The molecule has 84 valence electrons. The number of carbonyl (C=O) groups is 1. The summed E-state index contributed by atoms with van der Waals surface area (Å²) in [6.07, 6.45) is 0. The van der Waals surface area contributed by atoms with Gasteiger partial charge in [-0.25, -0.2) is 4.79 Å². The average molecular weight is 220 g/mol. The van der Waals surface area contributed by atoms with E-state index in [0.29, 0.717) is 28.0 Å². The van der Waals surface area contributed by atoms with E-state index in [4.69, 9.17) is 13.9 Å². The molecule has 0 saturated carbocycles. The lowest BCUT2D eigenvalue weighted by molar-refractivity contribution is 0.0600. The number of hydrogen-bond acceptors (Lipinski definition) is 4.